The van der Waals surface area contributed by atoms with Gasteiger partial charge in [0, 0.05) is 60.4 Å². The van der Waals surface area contributed by atoms with Gasteiger partial charge in [0.05, 0.1) is 5.52 Å². The predicted molar refractivity (Wildman–Crippen MR) is 184 cm³/mol. The Labute approximate surface area is 285 Å². The van der Waals surface area contributed by atoms with Gasteiger partial charge in [-0.25, -0.2) is 15.0 Å². The summed E-state index contributed by atoms with van der Waals surface area (Å²) in [4.78, 5) is 69.2. The first-order chi connectivity index (χ1) is 23.5. The van der Waals surface area contributed by atoms with Crippen LogP contribution >= 0.6 is 0 Å². The molecule has 12 heteroatoms. The smallest absolute Gasteiger partial charge is 0.248 e. The molecule has 3 amide bonds. The fourth-order valence-corrected chi connectivity index (χ4v) is 7.63. The van der Waals surface area contributed by atoms with Gasteiger partial charge in [0.25, 0.3) is 0 Å². The van der Waals surface area contributed by atoms with Gasteiger partial charge >= 0.3 is 0 Å². The van der Waals surface area contributed by atoms with E-state index in [4.69, 9.17) is 5.10 Å². The number of piperidine rings is 1. The Morgan fingerprint density at radius 1 is 0.959 bits per heavy atom. The summed E-state index contributed by atoms with van der Waals surface area (Å²) < 4.78 is 1.66. The molecule has 2 fully saturated rings. The Morgan fingerprint density at radius 2 is 1.71 bits per heavy atom. The van der Waals surface area contributed by atoms with E-state index in [1.807, 2.05) is 39.0 Å². The average Bonchev–Trinajstić information content (AvgIpc) is 3.48. The molecular formula is C37H42N8O4. The van der Waals surface area contributed by atoms with Crippen molar-refractivity contribution in [2.45, 2.75) is 97.7 Å². The highest BCUT2D eigenvalue weighted by molar-refractivity contribution is 6.07. The Bertz CT molecular complexity index is 1990. The van der Waals surface area contributed by atoms with E-state index in [1.165, 1.54) is 6.92 Å². The molecule has 3 atom stereocenters. The highest BCUT2D eigenvalue weighted by atomic mass is 16.2. The summed E-state index contributed by atoms with van der Waals surface area (Å²) in [6.45, 7) is 7.35. The highest BCUT2D eigenvalue weighted by Gasteiger charge is 2.67. The lowest BCUT2D eigenvalue weighted by Crippen LogP contribution is -2.47. The van der Waals surface area contributed by atoms with Crippen LogP contribution in [0.4, 0.5) is 5.82 Å². The van der Waals surface area contributed by atoms with Crippen LogP contribution in [0, 0.1) is 26.2 Å². The maximum absolute atomic E-state index is 14.4. The minimum absolute atomic E-state index is 0.00123. The van der Waals surface area contributed by atoms with Gasteiger partial charge in [0.15, 0.2) is 5.78 Å². The van der Waals surface area contributed by atoms with Crippen molar-refractivity contribution in [1.82, 2.24) is 34.9 Å². The average molecular weight is 663 g/mol. The van der Waals surface area contributed by atoms with Gasteiger partial charge in [-0.3, -0.25) is 23.9 Å². The van der Waals surface area contributed by atoms with Gasteiger partial charge in [-0.2, -0.15) is 5.10 Å². The SMILES string of the molecule is CC(=O)c1nn2c3c(cc(-c4cnc(C)nc4)cc13)CCCCCCC(=O)NC[C@@]13C[C@@H](C(=O)Nc4nc(C)ccc4C)N(C(=O)C2)[C@@H]1C3. The van der Waals surface area contributed by atoms with E-state index in [0.29, 0.717) is 55.0 Å². The molecule has 1 saturated heterocycles. The van der Waals surface area contributed by atoms with Crippen LogP contribution in [0.1, 0.15) is 85.0 Å². The van der Waals surface area contributed by atoms with Crippen molar-refractivity contribution in [3.8, 4) is 11.1 Å². The van der Waals surface area contributed by atoms with E-state index < -0.39 is 6.04 Å². The van der Waals surface area contributed by atoms with Crippen LogP contribution in [-0.2, 0) is 27.3 Å². The molecule has 1 aromatic carbocycles. The summed E-state index contributed by atoms with van der Waals surface area (Å²) in [5.41, 5.74) is 4.95. The van der Waals surface area contributed by atoms with E-state index in [0.717, 1.165) is 59.1 Å². The Balaban J connectivity index is 1.29. The number of aryl methyl sites for hydroxylation is 4. The normalized spacial score (nSPS) is 22.7. The summed E-state index contributed by atoms with van der Waals surface area (Å²) in [6.07, 6.45) is 9.32. The maximum Gasteiger partial charge on any atom is 0.248 e. The van der Waals surface area contributed by atoms with Gasteiger partial charge < -0.3 is 15.5 Å². The van der Waals surface area contributed by atoms with Gasteiger partial charge in [-0.1, -0.05) is 18.9 Å². The molecule has 2 bridgehead atoms. The molecule has 3 aliphatic rings. The second-order valence-electron chi connectivity index (χ2n) is 14.0. The number of aromatic nitrogens is 5. The summed E-state index contributed by atoms with van der Waals surface area (Å²) in [7, 11) is 0. The molecule has 2 N–H and O–H groups in total. The van der Waals surface area contributed by atoms with Crippen molar-refractivity contribution in [1.29, 1.82) is 0 Å². The predicted octanol–water partition coefficient (Wildman–Crippen LogP) is 4.64. The van der Waals surface area contributed by atoms with Crippen LogP contribution in [0.5, 0.6) is 0 Å². The first-order valence-electron chi connectivity index (χ1n) is 17.2. The third kappa shape index (κ3) is 6.31. The molecule has 1 saturated carbocycles. The van der Waals surface area contributed by atoms with E-state index in [9.17, 15) is 19.2 Å². The molecule has 12 nitrogen and oxygen atoms in total. The van der Waals surface area contributed by atoms with Crippen LogP contribution in [0.15, 0.2) is 36.7 Å². The van der Waals surface area contributed by atoms with Gasteiger partial charge in [0.1, 0.15) is 29.9 Å². The zero-order chi connectivity index (χ0) is 34.4. The number of carbonyl (C=O) groups is 4. The lowest BCUT2D eigenvalue weighted by molar-refractivity contribution is -0.138. The lowest BCUT2D eigenvalue weighted by atomic mass is 9.96. The molecule has 0 radical (unpaired) electrons. The number of nitrogens with zero attached hydrogens (tertiary/aromatic N) is 6. The van der Waals surface area contributed by atoms with Crippen molar-refractivity contribution >= 4 is 40.2 Å². The number of carbonyl (C=O) groups excluding carboxylic acids is 4. The third-order valence-electron chi connectivity index (χ3n) is 10.4. The number of rotatable bonds is 4. The van der Waals surface area contributed by atoms with Gasteiger partial charge in [-0.15, -0.1) is 0 Å². The van der Waals surface area contributed by atoms with E-state index in [-0.39, 0.29) is 41.5 Å². The number of anilines is 1. The summed E-state index contributed by atoms with van der Waals surface area (Å²) in [6, 6.07) is 6.87. The minimum atomic E-state index is -0.745. The number of hydrogen-bond acceptors (Lipinski definition) is 8. The van der Waals surface area contributed by atoms with E-state index in [2.05, 4.69) is 31.7 Å². The molecule has 0 unspecified atom stereocenters. The van der Waals surface area contributed by atoms with Crippen molar-refractivity contribution in [3.05, 3.63) is 65.0 Å². The molecule has 49 heavy (non-hydrogen) atoms. The largest absolute Gasteiger partial charge is 0.355 e. The molecule has 2 aliphatic heterocycles. The summed E-state index contributed by atoms with van der Waals surface area (Å²) in [5, 5.41) is 11.5. The summed E-state index contributed by atoms with van der Waals surface area (Å²) >= 11 is 0. The van der Waals surface area contributed by atoms with Crippen LogP contribution in [0.3, 0.4) is 0 Å². The maximum atomic E-state index is 14.4. The first kappa shape index (κ1) is 32.5. The zero-order valence-corrected chi connectivity index (χ0v) is 28.5. The summed E-state index contributed by atoms with van der Waals surface area (Å²) in [5.74, 6) is 0.382. The molecule has 3 aromatic heterocycles. The second-order valence-corrected chi connectivity index (χ2v) is 14.0. The number of hydrogen-bond donors (Lipinski definition) is 2. The lowest BCUT2D eigenvalue weighted by Gasteiger charge is -2.27. The van der Waals surface area contributed by atoms with Crippen LogP contribution in [0.2, 0.25) is 0 Å². The monoisotopic (exact) mass is 662 g/mol. The van der Waals surface area contributed by atoms with Gasteiger partial charge in [0.2, 0.25) is 17.7 Å². The zero-order valence-electron chi connectivity index (χ0n) is 28.5. The molecular weight excluding hydrogens is 620 g/mol. The standard InChI is InChI=1S/C37H42N8O4/c1-21-11-12-22(2)41-35(21)42-36(49)29-15-37-16-30(37)45(29)32(48)19-44-34-25(9-7-5-6-8-10-31(47)40-20-37)13-26(27-17-38-24(4)39-18-27)14-28(34)33(43-44)23(3)46/h11-14,17-18,29-30H,5-10,15-16,19-20H2,1-4H3,(H,40,47)(H,41,42,49)/t29-,30+,37-/m0/s1. The quantitative estimate of drug-likeness (QED) is 0.300. The van der Waals surface area contributed by atoms with Crippen molar-refractivity contribution in [3.63, 3.8) is 0 Å². The fraction of sp³-hybridized carbons (Fsp3) is 0.459. The molecule has 0 spiro atoms. The van der Waals surface area contributed by atoms with Crippen LogP contribution in [0.25, 0.3) is 22.0 Å². The number of ketones is 1. The second kappa shape index (κ2) is 12.8. The van der Waals surface area contributed by atoms with Crippen molar-refractivity contribution < 1.29 is 19.2 Å². The fourth-order valence-electron chi connectivity index (χ4n) is 7.63. The van der Waals surface area contributed by atoms with Crippen molar-refractivity contribution in [2.24, 2.45) is 5.41 Å². The Morgan fingerprint density at radius 3 is 2.47 bits per heavy atom. The van der Waals surface area contributed by atoms with Gasteiger partial charge in [-0.05, 0) is 87.8 Å². The Kier molecular flexibility index (Phi) is 8.50. The van der Waals surface area contributed by atoms with Crippen LogP contribution in [-0.4, -0.2) is 71.8 Å². The Hall–Kier alpha value is -5.00. The highest BCUT2D eigenvalue weighted by Crippen LogP contribution is 2.59. The molecule has 1 aliphatic carbocycles. The minimum Gasteiger partial charge on any atom is -0.355 e. The van der Waals surface area contributed by atoms with Crippen molar-refractivity contribution in [2.75, 3.05) is 11.9 Å². The first-order valence-corrected chi connectivity index (χ1v) is 17.2. The number of pyridine rings is 1. The van der Waals surface area contributed by atoms with E-state index in [1.54, 1.807) is 22.0 Å². The number of benzene rings is 1. The number of nitrogens with one attached hydrogen (secondary N) is 2. The van der Waals surface area contributed by atoms with Crippen LogP contribution < -0.4 is 10.6 Å². The third-order valence-corrected chi connectivity index (χ3v) is 10.4. The number of amides is 3. The van der Waals surface area contributed by atoms with E-state index >= 15 is 0 Å². The topological polar surface area (TPSA) is 152 Å². The number of Topliss-reactive ketones (excluding diaryl/α,β-unsaturated/α-hetero) is 1. The molecule has 254 valence electrons. The molecule has 7 rings (SSSR count). The molecule has 5 heterocycles. The molecule has 4 aromatic rings.